The minimum absolute atomic E-state index is 0.253. The van der Waals surface area contributed by atoms with Crippen LogP contribution in [0.5, 0.6) is 0 Å². The van der Waals surface area contributed by atoms with Crippen molar-refractivity contribution in [1.29, 1.82) is 0 Å². The number of hydrogen-bond acceptors (Lipinski definition) is 6. The van der Waals surface area contributed by atoms with Crippen LogP contribution in [0.2, 0.25) is 0 Å². The first kappa shape index (κ1) is 11.5. The average molecular weight is 210 g/mol. The summed E-state index contributed by atoms with van der Waals surface area (Å²) in [7, 11) is 0. The summed E-state index contributed by atoms with van der Waals surface area (Å²) >= 11 is 0. The van der Waals surface area contributed by atoms with Gasteiger partial charge in [0.2, 0.25) is 17.8 Å². The van der Waals surface area contributed by atoms with Crippen molar-refractivity contribution in [2.24, 2.45) is 0 Å². The Morgan fingerprint density at radius 3 is 2.33 bits per heavy atom. The van der Waals surface area contributed by atoms with E-state index in [2.05, 4.69) is 34.1 Å². The van der Waals surface area contributed by atoms with Gasteiger partial charge in [0, 0.05) is 19.6 Å². The Morgan fingerprint density at radius 1 is 1.13 bits per heavy atom. The van der Waals surface area contributed by atoms with Crippen molar-refractivity contribution < 1.29 is 0 Å². The van der Waals surface area contributed by atoms with Crippen molar-refractivity contribution in [2.45, 2.75) is 20.8 Å². The zero-order chi connectivity index (χ0) is 11.3. The molecule has 1 rings (SSSR count). The third-order valence-corrected chi connectivity index (χ3v) is 2.02. The first-order valence-electron chi connectivity index (χ1n) is 5.21. The van der Waals surface area contributed by atoms with E-state index in [1.165, 1.54) is 0 Å². The van der Waals surface area contributed by atoms with Crippen molar-refractivity contribution in [3.05, 3.63) is 0 Å². The molecule has 15 heavy (non-hydrogen) atoms. The predicted octanol–water partition coefficient (Wildman–Crippen LogP) is 0.732. The summed E-state index contributed by atoms with van der Waals surface area (Å²) in [6.07, 6.45) is 0. The second-order valence-corrected chi connectivity index (χ2v) is 3.02. The number of nitrogens with one attached hydrogen (secondary N) is 1. The number of nitrogen functional groups attached to an aromatic ring is 1. The molecule has 0 atom stereocenters. The van der Waals surface area contributed by atoms with Crippen molar-refractivity contribution >= 4 is 17.8 Å². The van der Waals surface area contributed by atoms with Crippen LogP contribution in [0, 0.1) is 0 Å². The van der Waals surface area contributed by atoms with Gasteiger partial charge in [-0.2, -0.15) is 15.0 Å². The molecule has 0 saturated heterocycles. The summed E-state index contributed by atoms with van der Waals surface area (Å²) in [5, 5.41) is 3.02. The van der Waals surface area contributed by atoms with Gasteiger partial charge in [-0.25, -0.2) is 0 Å². The lowest BCUT2D eigenvalue weighted by molar-refractivity contribution is 0.814. The number of rotatable bonds is 5. The molecule has 84 valence electrons. The highest BCUT2D eigenvalue weighted by atomic mass is 15.3. The van der Waals surface area contributed by atoms with Gasteiger partial charge in [-0.1, -0.05) is 0 Å². The van der Waals surface area contributed by atoms with Crippen LogP contribution in [0.15, 0.2) is 0 Å². The number of hydrogen-bond donors (Lipinski definition) is 2. The molecule has 1 aromatic rings. The molecular formula is C9H18N6. The van der Waals surface area contributed by atoms with E-state index in [4.69, 9.17) is 5.73 Å². The lowest BCUT2D eigenvalue weighted by Gasteiger charge is -2.18. The largest absolute Gasteiger partial charge is 0.368 e. The summed E-state index contributed by atoms with van der Waals surface area (Å²) in [5.41, 5.74) is 5.61. The number of anilines is 3. The van der Waals surface area contributed by atoms with Crippen LogP contribution in [-0.2, 0) is 0 Å². The molecule has 0 bridgehead atoms. The summed E-state index contributed by atoms with van der Waals surface area (Å²) < 4.78 is 0. The van der Waals surface area contributed by atoms with E-state index >= 15 is 0 Å². The highest BCUT2D eigenvalue weighted by Crippen LogP contribution is 2.10. The Hall–Kier alpha value is -1.59. The molecule has 6 heteroatoms. The van der Waals surface area contributed by atoms with Crippen molar-refractivity contribution in [2.75, 3.05) is 35.6 Å². The van der Waals surface area contributed by atoms with E-state index in [9.17, 15) is 0 Å². The summed E-state index contributed by atoms with van der Waals surface area (Å²) in [4.78, 5) is 14.4. The van der Waals surface area contributed by atoms with Crippen molar-refractivity contribution in [1.82, 2.24) is 15.0 Å². The van der Waals surface area contributed by atoms with Gasteiger partial charge >= 0.3 is 0 Å². The normalized spacial score (nSPS) is 10.1. The highest BCUT2D eigenvalue weighted by Gasteiger charge is 2.08. The Bertz CT molecular complexity index is 309. The average Bonchev–Trinajstić information content (AvgIpc) is 2.19. The van der Waals surface area contributed by atoms with Crippen LogP contribution in [0.25, 0.3) is 0 Å². The molecular weight excluding hydrogens is 192 g/mol. The van der Waals surface area contributed by atoms with Gasteiger partial charge in [-0.3, -0.25) is 0 Å². The maximum Gasteiger partial charge on any atom is 0.231 e. The monoisotopic (exact) mass is 210 g/mol. The van der Waals surface area contributed by atoms with E-state index < -0.39 is 0 Å². The molecule has 0 amide bonds. The molecule has 1 heterocycles. The quantitative estimate of drug-likeness (QED) is 0.746. The molecule has 0 saturated carbocycles. The van der Waals surface area contributed by atoms with E-state index in [-0.39, 0.29) is 5.95 Å². The fourth-order valence-corrected chi connectivity index (χ4v) is 1.27. The molecule has 0 spiro atoms. The molecule has 1 aromatic heterocycles. The van der Waals surface area contributed by atoms with E-state index in [1.54, 1.807) is 0 Å². The van der Waals surface area contributed by atoms with Gasteiger partial charge in [0.1, 0.15) is 0 Å². The van der Waals surface area contributed by atoms with Gasteiger partial charge in [0.05, 0.1) is 0 Å². The van der Waals surface area contributed by atoms with Crippen molar-refractivity contribution in [3.63, 3.8) is 0 Å². The Labute approximate surface area is 89.9 Å². The number of nitrogens with zero attached hydrogens (tertiary/aromatic N) is 4. The molecule has 0 unspecified atom stereocenters. The zero-order valence-electron chi connectivity index (χ0n) is 9.49. The third kappa shape index (κ3) is 2.93. The number of aromatic nitrogens is 3. The van der Waals surface area contributed by atoms with Crippen LogP contribution in [0.1, 0.15) is 20.8 Å². The van der Waals surface area contributed by atoms with Gasteiger partial charge in [0.25, 0.3) is 0 Å². The molecule has 6 nitrogen and oxygen atoms in total. The topological polar surface area (TPSA) is 80.0 Å². The van der Waals surface area contributed by atoms with Crippen LogP contribution in [-0.4, -0.2) is 34.6 Å². The molecule has 0 fully saturated rings. The zero-order valence-corrected chi connectivity index (χ0v) is 9.49. The van der Waals surface area contributed by atoms with Crippen LogP contribution in [0.3, 0.4) is 0 Å². The first-order chi connectivity index (χ1) is 7.21. The van der Waals surface area contributed by atoms with Crippen LogP contribution < -0.4 is 16.0 Å². The summed E-state index contributed by atoms with van der Waals surface area (Å²) in [5.74, 6) is 1.42. The Balaban J connectivity index is 2.96. The van der Waals surface area contributed by atoms with Gasteiger partial charge in [-0.15, -0.1) is 0 Å². The van der Waals surface area contributed by atoms with E-state index in [0.29, 0.717) is 11.9 Å². The second-order valence-electron chi connectivity index (χ2n) is 3.02. The van der Waals surface area contributed by atoms with Crippen LogP contribution >= 0.6 is 0 Å². The lowest BCUT2D eigenvalue weighted by Crippen LogP contribution is -2.25. The highest BCUT2D eigenvalue weighted by molar-refractivity contribution is 5.41. The molecule has 3 N–H and O–H groups in total. The maximum atomic E-state index is 5.61. The van der Waals surface area contributed by atoms with Crippen LogP contribution in [0.4, 0.5) is 17.8 Å². The fourth-order valence-electron chi connectivity index (χ4n) is 1.27. The van der Waals surface area contributed by atoms with E-state index in [1.807, 2.05) is 11.8 Å². The molecule has 0 aromatic carbocycles. The minimum Gasteiger partial charge on any atom is -0.368 e. The predicted molar refractivity (Wildman–Crippen MR) is 62.0 cm³/mol. The molecule has 0 radical (unpaired) electrons. The maximum absolute atomic E-state index is 5.61. The molecule has 0 aliphatic carbocycles. The van der Waals surface area contributed by atoms with Gasteiger partial charge in [-0.05, 0) is 20.8 Å². The Kier molecular flexibility index (Phi) is 4.08. The second kappa shape index (κ2) is 5.33. The fraction of sp³-hybridized carbons (Fsp3) is 0.667. The third-order valence-electron chi connectivity index (χ3n) is 2.02. The van der Waals surface area contributed by atoms with Gasteiger partial charge < -0.3 is 16.0 Å². The smallest absolute Gasteiger partial charge is 0.231 e. The summed E-state index contributed by atoms with van der Waals surface area (Å²) in [6.45, 7) is 8.56. The van der Waals surface area contributed by atoms with E-state index in [0.717, 1.165) is 19.6 Å². The standard InChI is InChI=1S/C9H18N6/c1-4-11-8-12-7(10)13-9(14-8)15(5-2)6-3/h4-6H2,1-3H3,(H3,10,11,12,13,14). The minimum atomic E-state index is 0.253. The molecule has 0 aliphatic rings. The first-order valence-corrected chi connectivity index (χ1v) is 5.21. The lowest BCUT2D eigenvalue weighted by atomic mass is 10.5. The number of nitrogens with two attached hydrogens (primary N) is 1. The SMILES string of the molecule is CCNc1nc(N)nc(N(CC)CC)n1. The molecule has 0 aliphatic heterocycles. The summed E-state index contributed by atoms with van der Waals surface area (Å²) in [6, 6.07) is 0. The van der Waals surface area contributed by atoms with Gasteiger partial charge in [0.15, 0.2) is 0 Å². The van der Waals surface area contributed by atoms with Crippen molar-refractivity contribution in [3.8, 4) is 0 Å². The Morgan fingerprint density at radius 2 is 1.80 bits per heavy atom.